The van der Waals surface area contributed by atoms with Gasteiger partial charge in [0.1, 0.15) is 5.75 Å². The van der Waals surface area contributed by atoms with Crippen LogP contribution >= 0.6 is 0 Å². The van der Waals surface area contributed by atoms with Crippen molar-refractivity contribution < 1.29 is 4.74 Å². The van der Waals surface area contributed by atoms with Gasteiger partial charge in [0.05, 0.1) is 12.8 Å². The molecule has 1 heterocycles. The molecule has 0 spiro atoms. The quantitative estimate of drug-likeness (QED) is 0.853. The molecule has 0 fully saturated rings. The Kier molecular flexibility index (Phi) is 2.34. The molecule has 0 aliphatic heterocycles. The van der Waals surface area contributed by atoms with Crippen molar-refractivity contribution in [2.24, 2.45) is 5.73 Å². The Balaban J connectivity index is 2.23. The summed E-state index contributed by atoms with van der Waals surface area (Å²) in [5, 5.41) is 0. The monoisotopic (exact) mass is 226 g/mol. The molecule has 1 aromatic heterocycles. The van der Waals surface area contributed by atoms with Crippen molar-refractivity contribution in [2.75, 3.05) is 13.7 Å². The van der Waals surface area contributed by atoms with Crippen molar-refractivity contribution in [2.45, 2.75) is 5.92 Å². The number of ether oxygens (including phenoxy) is 1. The van der Waals surface area contributed by atoms with Gasteiger partial charge in [0, 0.05) is 24.2 Å². The highest BCUT2D eigenvalue weighted by Gasteiger charge is 2.28. The molecule has 1 unspecified atom stereocenters. The molecule has 3 heteroatoms. The van der Waals surface area contributed by atoms with Crippen LogP contribution in [0.5, 0.6) is 5.75 Å². The topological polar surface area (TPSA) is 48.1 Å². The average molecular weight is 226 g/mol. The minimum Gasteiger partial charge on any atom is -0.497 e. The molecule has 0 radical (unpaired) electrons. The molecule has 1 aliphatic carbocycles. The van der Waals surface area contributed by atoms with Gasteiger partial charge in [0.2, 0.25) is 0 Å². The van der Waals surface area contributed by atoms with Gasteiger partial charge in [-0.25, -0.2) is 0 Å². The van der Waals surface area contributed by atoms with Crippen LogP contribution in [-0.4, -0.2) is 18.6 Å². The zero-order valence-corrected chi connectivity index (χ0v) is 9.68. The fraction of sp³-hybridized carbons (Fsp3) is 0.214. The Morgan fingerprint density at radius 1 is 1.29 bits per heavy atom. The summed E-state index contributed by atoms with van der Waals surface area (Å²) in [6.45, 7) is 0.596. The second-order valence-corrected chi connectivity index (χ2v) is 4.18. The minimum atomic E-state index is 0.240. The molecular weight excluding hydrogens is 212 g/mol. The largest absolute Gasteiger partial charge is 0.497 e. The summed E-state index contributed by atoms with van der Waals surface area (Å²) in [4.78, 5) is 4.46. The van der Waals surface area contributed by atoms with Crippen LogP contribution < -0.4 is 10.5 Å². The highest BCUT2D eigenvalue weighted by molar-refractivity contribution is 5.76. The summed E-state index contributed by atoms with van der Waals surface area (Å²) < 4.78 is 5.27. The van der Waals surface area contributed by atoms with Gasteiger partial charge in [-0.3, -0.25) is 4.98 Å². The smallest absolute Gasteiger partial charge is 0.119 e. The normalized spacial score (nSPS) is 16.5. The fourth-order valence-electron chi connectivity index (χ4n) is 2.52. The number of rotatable bonds is 2. The Bertz CT molecular complexity index is 566. The van der Waals surface area contributed by atoms with E-state index < -0.39 is 0 Å². The molecule has 1 aromatic carbocycles. The Morgan fingerprint density at radius 2 is 2.18 bits per heavy atom. The molecule has 2 N–H and O–H groups in total. The van der Waals surface area contributed by atoms with Gasteiger partial charge in [0.15, 0.2) is 0 Å². The zero-order chi connectivity index (χ0) is 11.8. The molecule has 1 atom stereocenters. The molecule has 0 saturated carbocycles. The van der Waals surface area contributed by atoms with Crippen LogP contribution in [0, 0.1) is 0 Å². The van der Waals surface area contributed by atoms with Gasteiger partial charge >= 0.3 is 0 Å². The van der Waals surface area contributed by atoms with Gasteiger partial charge in [-0.05, 0) is 35.4 Å². The van der Waals surface area contributed by atoms with Crippen LogP contribution in [0.25, 0.3) is 11.3 Å². The highest BCUT2D eigenvalue weighted by Crippen LogP contribution is 2.44. The van der Waals surface area contributed by atoms with Crippen molar-refractivity contribution in [1.29, 1.82) is 0 Å². The zero-order valence-electron chi connectivity index (χ0n) is 9.68. The van der Waals surface area contributed by atoms with Gasteiger partial charge in [-0.15, -0.1) is 0 Å². The maximum absolute atomic E-state index is 5.89. The van der Waals surface area contributed by atoms with Crippen molar-refractivity contribution in [1.82, 2.24) is 4.98 Å². The average Bonchev–Trinajstić information content (AvgIpc) is 2.71. The first-order valence-electron chi connectivity index (χ1n) is 5.68. The number of methoxy groups -OCH3 is 1. The number of nitrogens with zero attached hydrogens (tertiary/aromatic N) is 1. The number of hydrogen-bond acceptors (Lipinski definition) is 3. The minimum absolute atomic E-state index is 0.240. The fourth-order valence-corrected chi connectivity index (χ4v) is 2.52. The Labute approximate surface area is 100 Å². The molecule has 86 valence electrons. The van der Waals surface area contributed by atoms with Crippen LogP contribution in [-0.2, 0) is 0 Å². The van der Waals surface area contributed by atoms with Crippen LogP contribution in [0.15, 0.2) is 36.5 Å². The van der Waals surface area contributed by atoms with Gasteiger partial charge < -0.3 is 10.5 Å². The standard InChI is InChI=1S/C14H14N2O/c1-17-9-4-5-11-12(7-9)13(8-15)10-3-2-6-16-14(10)11/h2-7,13H,8,15H2,1H3. The number of benzene rings is 1. The lowest BCUT2D eigenvalue weighted by Gasteiger charge is -2.10. The number of aromatic nitrogens is 1. The van der Waals surface area contributed by atoms with Crippen LogP contribution in [0.4, 0.5) is 0 Å². The molecule has 17 heavy (non-hydrogen) atoms. The molecule has 3 nitrogen and oxygen atoms in total. The first-order valence-corrected chi connectivity index (χ1v) is 5.68. The molecule has 1 aliphatic rings. The SMILES string of the molecule is COc1ccc2c(c1)C(CN)c1cccnc1-2. The van der Waals surface area contributed by atoms with E-state index in [4.69, 9.17) is 10.5 Å². The summed E-state index contributed by atoms with van der Waals surface area (Å²) >= 11 is 0. The van der Waals surface area contributed by atoms with E-state index in [0.717, 1.165) is 11.4 Å². The van der Waals surface area contributed by atoms with E-state index in [1.165, 1.54) is 16.7 Å². The summed E-state index contributed by atoms with van der Waals surface area (Å²) in [6, 6.07) is 10.2. The van der Waals surface area contributed by atoms with Gasteiger partial charge in [-0.1, -0.05) is 6.07 Å². The highest BCUT2D eigenvalue weighted by atomic mass is 16.5. The molecule has 0 amide bonds. The van der Waals surface area contributed by atoms with Crippen molar-refractivity contribution in [3.05, 3.63) is 47.7 Å². The number of fused-ring (bicyclic) bond motifs is 3. The van der Waals surface area contributed by atoms with E-state index in [1.807, 2.05) is 18.3 Å². The molecule has 0 bridgehead atoms. The van der Waals surface area contributed by atoms with Crippen molar-refractivity contribution in [3.63, 3.8) is 0 Å². The molecule has 0 saturated heterocycles. The predicted molar refractivity (Wildman–Crippen MR) is 67.1 cm³/mol. The van der Waals surface area contributed by atoms with Gasteiger partial charge in [0.25, 0.3) is 0 Å². The first kappa shape index (κ1) is 10.3. The third kappa shape index (κ3) is 1.43. The van der Waals surface area contributed by atoms with Gasteiger partial charge in [-0.2, -0.15) is 0 Å². The number of nitrogens with two attached hydrogens (primary N) is 1. The third-order valence-electron chi connectivity index (χ3n) is 3.34. The van der Waals surface area contributed by atoms with E-state index in [-0.39, 0.29) is 5.92 Å². The summed E-state index contributed by atoms with van der Waals surface area (Å²) in [6.07, 6.45) is 1.83. The molecular formula is C14H14N2O. The van der Waals surface area contributed by atoms with E-state index in [9.17, 15) is 0 Å². The first-order chi connectivity index (χ1) is 8.35. The van der Waals surface area contributed by atoms with E-state index in [2.05, 4.69) is 23.2 Å². The summed E-state index contributed by atoms with van der Waals surface area (Å²) in [7, 11) is 1.68. The second-order valence-electron chi connectivity index (χ2n) is 4.18. The molecule has 3 rings (SSSR count). The predicted octanol–water partition coefficient (Wildman–Crippen LogP) is 2.16. The maximum Gasteiger partial charge on any atom is 0.119 e. The van der Waals surface area contributed by atoms with Crippen LogP contribution in [0.1, 0.15) is 17.0 Å². The lowest BCUT2D eigenvalue weighted by atomic mass is 9.97. The maximum atomic E-state index is 5.89. The summed E-state index contributed by atoms with van der Waals surface area (Å²) in [5.41, 5.74) is 10.6. The van der Waals surface area contributed by atoms with Crippen LogP contribution in [0.2, 0.25) is 0 Å². The van der Waals surface area contributed by atoms with Crippen molar-refractivity contribution in [3.8, 4) is 17.0 Å². The number of hydrogen-bond donors (Lipinski definition) is 1. The lowest BCUT2D eigenvalue weighted by Crippen LogP contribution is -2.11. The second kappa shape index (κ2) is 3.86. The third-order valence-corrected chi connectivity index (χ3v) is 3.34. The van der Waals surface area contributed by atoms with Crippen LogP contribution in [0.3, 0.4) is 0 Å². The summed E-state index contributed by atoms with van der Waals surface area (Å²) in [5.74, 6) is 1.11. The molecule has 2 aromatic rings. The Hall–Kier alpha value is -1.87. The van der Waals surface area contributed by atoms with E-state index in [0.29, 0.717) is 6.54 Å². The van der Waals surface area contributed by atoms with E-state index >= 15 is 0 Å². The lowest BCUT2D eigenvalue weighted by molar-refractivity contribution is 0.414. The number of pyridine rings is 1. The van der Waals surface area contributed by atoms with E-state index in [1.54, 1.807) is 7.11 Å². The Morgan fingerprint density at radius 3 is 2.94 bits per heavy atom. The van der Waals surface area contributed by atoms with Crippen molar-refractivity contribution >= 4 is 0 Å².